The largest absolute Gasteiger partial charge is 0.382 e. The highest BCUT2D eigenvalue weighted by Gasteiger charge is 2.10. The first-order valence-corrected chi connectivity index (χ1v) is 8.50. The number of anilines is 2. The molecule has 6 heteroatoms. The van der Waals surface area contributed by atoms with Crippen LogP contribution in [0.25, 0.3) is 0 Å². The summed E-state index contributed by atoms with van der Waals surface area (Å²) < 4.78 is 14.3. The Morgan fingerprint density at radius 2 is 1.88 bits per heavy atom. The first-order valence-electron chi connectivity index (χ1n) is 8.12. The summed E-state index contributed by atoms with van der Waals surface area (Å²) in [7, 11) is 0. The van der Waals surface area contributed by atoms with E-state index in [9.17, 15) is 9.18 Å². The van der Waals surface area contributed by atoms with Gasteiger partial charge in [-0.3, -0.25) is 4.79 Å². The van der Waals surface area contributed by atoms with Crippen LogP contribution < -0.4 is 10.6 Å². The van der Waals surface area contributed by atoms with Crippen LogP contribution in [0.5, 0.6) is 0 Å². The van der Waals surface area contributed by atoms with Crippen LogP contribution in [0.15, 0.2) is 66.9 Å². The molecule has 0 spiro atoms. The van der Waals surface area contributed by atoms with Crippen molar-refractivity contribution >= 4 is 28.9 Å². The Hall–Kier alpha value is -2.92. The van der Waals surface area contributed by atoms with Gasteiger partial charge in [-0.2, -0.15) is 0 Å². The van der Waals surface area contributed by atoms with Gasteiger partial charge in [-0.25, -0.2) is 9.37 Å². The van der Waals surface area contributed by atoms with Gasteiger partial charge < -0.3 is 10.6 Å². The van der Waals surface area contributed by atoms with Crippen molar-refractivity contribution < 1.29 is 9.18 Å². The summed E-state index contributed by atoms with van der Waals surface area (Å²) in [4.78, 5) is 16.1. The van der Waals surface area contributed by atoms with Gasteiger partial charge in [0.25, 0.3) is 5.91 Å². The van der Waals surface area contributed by atoms with Crippen LogP contribution in [0.2, 0.25) is 5.15 Å². The van der Waals surface area contributed by atoms with E-state index >= 15 is 0 Å². The van der Waals surface area contributed by atoms with E-state index in [-0.39, 0.29) is 5.56 Å². The number of aromatic nitrogens is 1. The fraction of sp³-hybridized carbons (Fsp3) is 0.100. The van der Waals surface area contributed by atoms with Crippen molar-refractivity contribution in [3.63, 3.8) is 0 Å². The highest BCUT2D eigenvalue weighted by atomic mass is 35.5. The number of carbonyl (C=O) groups is 1. The molecule has 26 heavy (non-hydrogen) atoms. The fourth-order valence-electron chi connectivity index (χ4n) is 2.44. The highest BCUT2D eigenvalue weighted by molar-refractivity contribution is 6.29. The predicted octanol–water partition coefficient (Wildman–Crippen LogP) is 4.78. The average Bonchev–Trinajstić information content (AvgIpc) is 2.65. The minimum Gasteiger partial charge on any atom is -0.382 e. The lowest BCUT2D eigenvalue weighted by Gasteiger charge is -2.10. The highest BCUT2D eigenvalue weighted by Crippen LogP contribution is 2.17. The molecule has 1 aromatic heterocycles. The van der Waals surface area contributed by atoms with Crippen molar-refractivity contribution in [3.8, 4) is 0 Å². The Balaban J connectivity index is 1.59. The van der Waals surface area contributed by atoms with Gasteiger partial charge >= 0.3 is 0 Å². The molecule has 0 atom stereocenters. The van der Waals surface area contributed by atoms with Crippen molar-refractivity contribution in [3.05, 3.63) is 89.0 Å². The second kappa shape index (κ2) is 8.45. The molecule has 3 aromatic rings. The van der Waals surface area contributed by atoms with Gasteiger partial charge in [-0.15, -0.1) is 0 Å². The zero-order valence-corrected chi connectivity index (χ0v) is 14.6. The lowest BCUT2D eigenvalue weighted by molar-refractivity contribution is 0.102. The van der Waals surface area contributed by atoms with Gasteiger partial charge in [0.05, 0.1) is 17.6 Å². The maximum atomic E-state index is 14.3. The molecule has 132 valence electrons. The molecule has 0 fully saturated rings. The average molecular weight is 370 g/mol. The topological polar surface area (TPSA) is 54.0 Å². The van der Waals surface area contributed by atoms with Gasteiger partial charge in [0.15, 0.2) is 0 Å². The van der Waals surface area contributed by atoms with Crippen molar-refractivity contribution in [2.24, 2.45) is 0 Å². The molecule has 1 heterocycles. The quantitative estimate of drug-likeness (QED) is 0.615. The maximum Gasteiger partial charge on any atom is 0.255 e. The van der Waals surface area contributed by atoms with Crippen molar-refractivity contribution in [1.29, 1.82) is 0 Å². The Bertz CT molecular complexity index is 885. The normalized spacial score (nSPS) is 10.4. The minimum absolute atomic E-state index is 0.228. The Morgan fingerprint density at radius 3 is 2.58 bits per heavy atom. The monoisotopic (exact) mass is 369 g/mol. The first-order chi connectivity index (χ1) is 12.6. The number of nitrogens with one attached hydrogen (secondary N) is 2. The smallest absolute Gasteiger partial charge is 0.255 e. The Kier molecular flexibility index (Phi) is 5.81. The molecular weight excluding hydrogens is 353 g/mol. The van der Waals surface area contributed by atoms with Gasteiger partial charge in [0.2, 0.25) is 0 Å². The van der Waals surface area contributed by atoms with Crippen molar-refractivity contribution in [1.82, 2.24) is 4.98 Å². The molecule has 3 rings (SSSR count). The van der Waals surface area contributed by atoms with Crippen LogP contribution in [-0.4, -0.2) is 17.4 Å². The number of hydrogen-bond donors (Lipinski definition) is 2. The second-order valence-electron chi connectivity index (χ2n) is 5.68. The molecule has 4 nitrogen and oxygen atoms in total. The zero-order chi connectivity index (χ0) is 18.4. The second-order valence-corrected chi connectivity index (χ2v) is 6.07. The van der Waals surface area contributed by atoms with Crippen molar-refractivity contribution in [2.45, 2.75) is 6.42 Å². The third kappa shape index (κ3) is 4.80. The molecule has 0 aliphatic heterocycles. The van der Waals surface area contributed by atoms with E-state index in [1.54, 1.807) is 24.3 Å². The summed E-state index contributed by atoms with van der Waals surface area (Å²) in [5.74, 6) is -0.885. The third-order valence-corrected chi connectivity index (χ3v) is 4.01. The van der Waals surface area contributed by atoms with Crippen molar-refractivity contribution in [2.75, 3.05) is 17.2 Å². The number of rotatable bonds is 6. The van der Waals surface area contributed by atoms with Crippen LogP contribution in [0.4, 0.5) is 15.8 Å². The number of pyridine rings is 1. The summed E-state index contributed by atoms with van der Waals surface area (Å²) in [5.41, 5.74) is 2.26. The van der Waals surface area contributed by atoms with E-state index < -0.39 is 11.7 Å². The predicted molar refractivity (Wildman–Crippen MR) is 102 cm³/mol. The summed E-state index contributed by atoms with van der Waals surface area (Å²) >= 11 is 5.70. The molecule has 0 saturated carbocycles. The lowest BCUT2D eigenvalue weighted by atomic mass is 10.1. The molecule has 0 unspecified atom stereocenters. The number of halogens is 2. The van der Waals surface area contributed by atoms with Gasteiger partial charge in [0.1, 0.15) is 11.0 Å². The summed E-state index contributed by atoms with van der Waals surface area (Å²) in [6.45, 7) is 0.600. The van der Waals surface area contributed by atoms with Gasteiger partial charge in [-0.05, 0) is 42.3 Å². The first kappa shape index (κ1) is 17.9. The van der Waals surface area contributed by atoms with E-state index in [1.807, 2.05) is 30.3 Å². The van der Waals surface area contributed by atoms with E-state index in [2.05, 4.69) is 15.6 Å². The molecule has 0 aliphatic rings. The number of carbonyl (C=O) groups excluding carboxylic acids is 1. The van der Waals surface area contributed by atoms with E-state index in [0.29, 0.717) is 23.1 Å². The molecular formula is C20H17ClFN3O. The standard InChI is InChI=1S/C20H17ClFN3O/c21-19-9-7-16(13-24-19)25-20(26)15-6-8-18(17(22)12-15)23-11-10-14-4-2-1-3-5-14/h1-9,12-13,23H,10-11H2,(H,25,26). The molecule has 1 amide bonds. The Morgan fingerprint density at radius 1 is 1.08 bits per heavy atom. The zero-order valence-electron chi connectivity index (χ0n) is 13.9. The van der Waals surface area contributed by atoms with Gasteiger partial charge in [0, 0.05) is 12.1 Å². The van der Waals surface area contributed by atoms with Crippen LogP contribution in [0.3, 0.4) is 0 Å². The van der Waals surface area contributed by atoms with Crippen LogP contribution in [0.1, 0.15) is 15.9 Å². The van der Waals surface area contributed by atoms with E-state index in [4.69, 9.17) is 11.6 Å². The van der Waals surface area contributed by atoms with Crippen LogP contribution in [0, 0.1) is 5.82 Å². The molecule has 0 radical (unpaired) electrons. The molecule has 0 bridgehead atoms. The van der Waals surface area contributed by atoms with E-state index in [0.717, 1.165) is 6.42 Å². The van der Waals surface area contributed by atoms with Crippen LogP contribution in [-0.2, 0) is 6.42 Å². The maximum absolute atomic E-state index is 14.3. The Labute approximate surface area is 156 Å². The third-order valence-electron chi connectivity index (χ3n) is 3.79. The number of hydrogen-bond acceptors (Lipinski definition) is 3. The van der Waals surface area contributed by atoms with Gasteiger partial charge in [-0.1, -0.05) is 41.9 Å². The molecule has 0 aliphatic carbocycles. The number of amides is 1. The van der Waals surface area contributed by atoms with E-state index in [1.165, 1.54) is 17.8 Å². The number of nitrogens with zero attached hydrogens (tertiary/aromatic N) is 1. The number of benzene rings is 2. The SMILES string of the molecule is O=C(Nc1ccc(Cl)nc1)c1ccc(NCCc2ccccc2)c(F)c1. The molecule has 2 N–H and O–H groups in total. The summed E-state index contributed by atoms with van der Waals surface area (Å²) in [6.07, 6.45) is 2.22. The molecule has 0 saturated heterocycles. The summed E-state index contributed by atoms with van der Waals surface area (Å²) in [5, 5.41) is 6.04. The van der Waals surface area contributed by atoms with Crippen LogP contribution >= 0.6 is 11.6 Å². The molecule has 2 aromatic carbocycles. The summed E-state index contributed by atoms with van der Waals surface area (Å²) in [6, 6.07) is 17.5. The lowest BCUT2D eigenvalue weighted by Crippen LogP contribution is -2.13. The fourth-order valence-corrected chi connectivity index (χ4v) is 2.55. The minimum atomic E-state index is -0.472.